The van der Waals surface area contributed by atoms with Gasteiger partial charge < -0.3 is 14.5 Å². The minimum atomic E-state index is -4.09. The van der Waals surface area contributed by atoms with Gasteiger partial charge in [0.25, 0.3) is 15.7 Å². The number of piperazine rings is 1. The van der Waals surface area contributed by atoms with Crippen LogP contribution in [-0.2, 0) is 14.8 Å². The molecule has 0 unspecified atom stereocenters. The molecule has 4 rings (SSSR count). The number of methoxy groups -OCH3 is 1. The van der Waals surface area contributed by atoms with Gasteiger partial charge in [-0.2, -0.15) is 0 Å². The molecule has 1 saturated heterocycles. The third-order valence-electron chi connectivity index (χ3n) is 6.03. The number of sulfonamides is 1. The summed E-state index contributed by atoms with van der Waals surface area (Å²) < 4.78 is 33.1. The molecule has 188 valence electrons. The van der Waals surface area contributed by atoms with Crippen LogP contribution in [0.2, 0.25) is 0 Å². The van der Waals surface area contributed by atoms with Crippen molar-refractivity contribution in [3.05, 3.63) is 89.0 Å². The van der Waals surface area contributed by atoms with Crippen molar-refractivity contribution in [1.29, 1.82) is 0 Å². The molecule has 1 amide bonds. The van der Waals surface area contributed by atoms with E-state index in [0.717, 1.165) is 15.7 Å². The Morgan fingerprint density at radius 2 is 1.56 bits per heavy atom. The molecule has 1 fully saturated rings. The third-order valence-corrected chi connectivity index (χ3v) is 7.82. The van der Waals surface area contributed by atoms with E-state index in [1.807, 2.05) is 24.3 Å². The van der Waals surface area contributed by atoms with Gasteiger partial charge in [-0.15, -0.1) is 0 Å². The van der Waals surface area contributed by atoms with Gasteiger partial charge in [0.15, 0.2) is 0 Å². The number of carbonyl (C=O) groups excluding carboxylic acids is 1. The lowest BCUT2D eigenvalue weighted by molar-refractivity contribution is -0.384. The fourth-order valence-electron chi connectivity index (χ4n) is 4.01. The molecule has 0 bridgehead atoms. The smallest absolute Gasteiger partial charge is 0.269 e. The molecule has 1 aliphatic rings. The summed E-state index contributed by atoms with van der Waals surface area (Å²) in [6.45, 7) is 1.65. The zero-order valence-electron chi connectivity index (χ0n) is 19.7. The maximum atomic E-state index is 13.5. The van der Waals surface area contributed by atoms with E-state index in [-0.39, 0.29) is 22.2 Å². The van der Waals surface area contributed by atoms with E-state index in [4.69, 9.17) is 4.74 Å². The van der Waals surface area contributed by atoms with E-state index >= 15 is 0 Å². The van der Waals surface area contributed by atoms with Crippen molar-refractivity contribution in [2.45, 2.75) is 4.90 Å². The van der Waals surface area contributed by atoms with Crippen molar-refractivity contribution in [3.8, 4) is 5.75 Å². The molecule has 36 heavy (non-hydrogen) atoms. The van der Waals surface area contributed by atoms with Gasteiger partial charge in [-0.3, -0.25) is 19.2 Å². The number of nitro groups is 1. The highest BCUT2D eigenvalue weighted by Gasteiger charge is 2.30. The third kappa shape index (κ3) is 5.41. The molecular formula is C25H26N4O6S. The Labute approximate surface area is 209 Å². The highest BCUT2D eigenvalue weighted by Crippen LogP contribution is 2.26. The Bertz CT molecular complexity index is 1310. The average molecular weight is 511 g/mol. The predicted molar refractivity (Wildman–Crippen MR) is 136 cm³/mol. The summed E-state index contributed by atoms with van der Waals surface area (Å²) in [4.78, 5) is 27.5. The minimum absolute atomic E-state index is 0.0282. The second kappa shape index (κ2) is 10.6. The molecule has 0 aromatic heterocycles. The summed E-state index contributed by atoms with van der Waals surface area (Å²) in [6.07, 6.45) is 0. The fraction of sp³-hybridized carbons (Fsp3) is 0.240. The monoisotopic (exact) mass is 510 g/mol. The Kier molecular flexibility index (Phi) is 7.39. The number of non-ortho nitro benzene ring substituents is 1. The Hall–Kier alpha value is -4.12. The lowest BCUT2D eigenvalue weighted by atomic mass is 10.2. The van der Waals surface area contributed by atoms with Crippen LogP contribution in [0.1, 0.15) is 0 Å². The predicted octanol–water partition coefficient (Wildman–Crippen LogP) is 3.15. The maximum Gasteiger partial charge on any atom is 0.269 e. The van der Waals surface area contributed by atoms with Crippen LogP contribution >= 0.6 is 0 Å². The summed E-state index contributed by atoms with van der Waals surface area (Å²) >= 11 is 0. The molecule has 1 aliphatic heterocycles. The molecular weight excluding hydrogens is 484 g/mol. The van der Waals surface area contributed by atoms with Crippen LogP contribution in [-0.4, -0.2) is 64.0 Å². The summed E-state index contributed by atoms with van der Waals surface area (Å²) in [5.74, 6) is 0.417. The molecule has 11 heteroatoms. The van der Waals surface area contributed by atoms with Gasteiger partial charge >= 0.3 is 0 Å². The first kappa shape index (κ1) is 25.0. The number of carbonyl (C=O) groups is 1. The minimum Gasteiger partial charge on any atom is -0.497 e. The Balaban J connectivity index is 1.52. The van der Waals surface area contributed by atoms with Gasteiger partial charge in [0.2, 0.25) is 5.91 Å². The first-order chi connectivity index (χ1) is 17.3. The summed E-state index contributed by atoms with van der Waals surface area (Å²) in [5, 5.41) is 11.0. The van der Waals surface area contributed by atoms with E-state index in [1.165, 1.54) is 36.4 Å². The van der Waals surface area contributed by atoms with Gasteiger partial charge in [0.05, 0.1) is 22.6 Å². The quantitative estimate of drug-likeness (QED) is 0.338. The van der Waals surface area contributed by atoms with Crippen molar-refractivity contribution in [1.82, 2.24) is 4.90 Å². The summed E-state index contributed by atoms with van der Waals surface area (Å²) in [7, 11) is -2.48. The van der Waals surface area contributed by atoms with Crippen LogP contribution in [0.3, 0.4) is 0 Å². The number of ether oxygens (including phenoxy) is 1. The van der Waals surface area contributed by atoms with Crippen LogP contribution in [0.4, 0.5) is 17.1 Å². The molecule has 0 radical (unpaired) electrons. The summed E-state index contributed by atoms with van der Waals surface area (Å²) in [6, 6.07) is 20.6. The van der Waals surface area contributed by atoms with Crippen molar-refractivity contribution in [2.24, 2.45) is 0 Å². The number of hydrogen-bond donors (Lipinski definition) is 0. The molecule has 3 aromatic carbocycles. The highest BCUT2D eigenvalue weighted by atomic mass is 32.2. The van der Waals surface area contributed by atoms with Gasteiger partial charge in [-0.1, -0.05) is 18.2 Å². The van der Waals surface area contributed by atoms with E-state index in [2.05, 4.69) is 4.90 Å². The molecule has 0 spiro atoms. The van der Waals surface area contributed by atoms with E-state index in [0.29, 0.717) is 26.2 Å². The number of amides is 1. The largest absolute Gasteiger partial charge is 0.497 e. The maximum absolute atomic E-state index is 13.5. The average Bonchev–Trinajstić information content (AvgIpc) is 2.92. The van der Waals surface area contributed by atoms with Crippen LogP contribution in [0.15, 0.2) is 83.8 Å². The fourth-order valence-corrected chi connectivity index (χ4v) is 5.44. The van der Waals surface area contributed by atoms with Gasteiger partial charge in [0, 0.05) is 44.0 Å². The lowest BCUT2D eigenvalue weighted by Gasteiger charge is -2.37. The molecule has 1 heterocycles. The molecule has 3 aromatic rings. The second-order valence-electron chi connectivity index (χ2n) is 8.16. The zero-order chi connectivity index (χ0) is 25.7. The molecule has 0 saturated carbocycles. The van der Waals surface area contributed by atoms with E-state index in [1.54, 1.807) is 30.2 Å². The first-order valence-corrected chi connectivity index (χ1v) is 12.7. The SMILES string of the molecule is COc1ccc(N2CCN(C(=O)CN(c3ccc([N+](=O)[O-])cc3)S(=O)(=O)c3ccccc3)CC2)cc1. The van der Waals surface area contributed by atoms with Gasteiger partial charge in [0.1, 0.15) is 12.3 Å². The van der Waals surface area contributed by atoms with Crippen molar-refractivity contribution in [3.63, 3.8) is 0 Å². The number of rotatable bonds is 8. The van der Waals surface area contributed by atoms with Gasteiger partial charge in [-0.05, 0) is 48.5 Å². The molecule has 0 atom stereocenters. The molecule has 0 N–H and O–H groups in total. The highest BCUT2D eigenvalue weighted by molar-refractivity contribution is 7.92. The van der Waals surface area contributed by atoms with Crippen LogP contribution in [0, 0.1) is 10.1 Å². The van der Waals surface area contributed by atoms with Crippen LogP contribution in [0.25, 0.3) is 0 Å². The Morgan fingerprint density at radius 3 is 2.11 bits per heavy atom. The summed E-state index contributed by atoms with van der Waals surface area (Å²) in [5.41, 5.74) is 1.02. The van der Waals surface area contributed by atoms with E-state index < -0.39 is 21.5 Å². The number of nitrogens with zero attached hydrogens (tertiary/aromatic N) is 4. The van der Waals surface area contributed by atoms with Gasteiger partial charge in [-0.25, -0.2) is 8.42 Å². The van der Waals surface area contributed by atoms with E-state index in [9.17, 15) is 23.3 Å². The standard InChI is InChI=1S/C25H26N4O6S/c1-35-23-13-11-20(12-14-23)26-15-17-27(18-16-26)25(30)19-28(21-7-9-22(10-8-21)29(31)32)36(33,34)24-5-3-2-4-6-24/h2-14H,15-19H2,1H3. The second-order valence-corrected chi connectivity index (χ2v) is 10.0. The van der Waals surface area contributed by atoms with Crippen LogP contribution < -0.4 is 13.9 Å². The Morgan fingerprint density at radius 1 is 0.944 bits per heavy atom. The number of nitro benzene ring substituents is 1. The van der Waals surface area contributed by atoms with Crippen molar-refractivity contribution in [2.75, 3.05) is 49.0 Å². The van der Waals surface area contributed by atoms with Crippen molar-refractivity contribution < 1.29 is 22.9 Å². The number of anilines is 2. The first-order valence-electron chi connectivity index (χ1n) is 11.3. The number of benzene rings is 3. The topological polar surface area (TPSA) is 113 Å². The lowest BCUT2D eigenvalue weighted by Crippen LogP contribution is -2.52. The molecule has 0 aliphatic carbocycles. The zero-order valence-corrected chi connectivity index (χ0v) is 20.5. The number of hydrogen-bond acceptors (Lipinski definition) is 7. The van der Waals surface area contributed by atoms with Crippen molar-refractivity contribution >= 4 is 33.0 Å². The van der Waals surface area contributed by atoms with Crippen LogP contribution in [0.5, 0.6) is 5.75 Å². The molecule has 10 nitrogen and oxygen atoms in total. The normalized spacial score (nSPS) is 13.8.